The second-order valence-corrected chi connectivity index (χ2v) is 8.49. The van der Waals surface area contributed by atoms with E-state index in [0.29, 0.717) is 18.8 Å². The molecule has 2 aromatic carbocycles. The van der Waals surface area contributed by atoms with Gasteiger partial charge in [-0.3, -0.25) is 19.4 Å². The van der Waals surface area contributed by atoms with Crippen LogP contribution in [0.25, 0.3) is 0 Å². The Balaban J connectivity index is 1.38. The number of nitrogens with zero attached hydrogens (tertiary/aromatic N) is 3. The number of anilines is 2. The average molecular weight is 461 g/mol. The first-order chi connectivity index (χ1) is 15.7. The van der Waals surface area contributed by atoms with Crippen molar-refractivity contribution in [1.29, 1.82) is 0 Å². The molecule has 0 aliphatic carbocycles. The Hall–Kier alpha value is -2.91. The lowest BCUT2D eigenvalue weighted by Crippen LogP contribution is -2.56. The largest absolute Gasteiger partial charge is 0.416 e. The van der Waals surface area contributed by atoms with E-state index >= 15 is 0 Å². The minimum absolute atomic E-state index is 0.00681. The number of hydrogen-bond acceptors (Lipinski definition) is 4. The summed E-state index contributed by atoms with van der Waals surface area (Å²) in [5, 5.41) is 2.46. The maximum Gasteiger partial charge on any atom is 0.416 e. The summed E-state index contributed by atoms with van der Waals surface area (Å²) in [5.74, 6) is -0.795. The number of carbonyl (C=O) groups is 2. The summed E-state index contributed by atoms with van der Waals surface area (Å²) in [5.41, 5.74) is 0.725. The van der Waals surface area contributed by atoms with Crippen LogP contribution in [0.4, 0.5) is 24.5 Å². The molecule has 0 spiro atoms. The van der Waals surface area contributed by atoms with Crippen molar-refractivity contribution in [3.05, 3.63) is 59.7 Å². The molecule has 2 aromatic rings. The molecule has 0 aromatic heterocycles. The van der Waals surface area contributed by atoms with Crippen molar-refractivity contribution in [1.82, 2.24) is 9.80 Å². The smallest absolute Gasteiger partial charge is 0.323 e. The van der Waals surface area contributed by atoms with E-state index < -0.39 is 23.7 Å². The number of rotatable bonds is 5. The second-order valence-electron chi connectivity index (χ2n) is 8.49. The van der Waals surface area contributed by atoms with Crippen molar-refractivity contribution in [3.8, 4) is 0 Å². The molecule has 1 fully saturated rings. The summed E-state index contributed by atoms with van der Waals surface area (Å²) < 4.78 is 39.2. The van der Waals surface area contributed by atoms with E-state index in [2.05, 4.69) is 27.2 Å². The highest BCUT2D eigenvalue weighted by atomic mass is 19.4. The van der Waals surface area contributed by atoms with Crippen molar-refractivity contribution < 1.29 is 22.8 Å². The SMILES string of the molecule is CC(C(=O)N1CC(=O)Nc2cc(C(F)(F)F)ccc21)N1CCN(CCc2ccccc2)CC1. The summed E-state index contributed by atoms with van der Waals surface area (Å²) >= 11 is 0. The minimum atomic E-state index is -4.53. The number of piperazine rings is 1. The van der Waals surface area contributed by atoms with Gasteiger partial charge >= 0.3 is 6.18 Å². The van der Waals surface area contributed by atoms with E-state index in [9.17, 15) is 22.8 Å². The number of amides is 2. The van der Waals surface area contributed by atoms with Crippen LogP contribution in [-0.4, -0.2) is 66.9 Å². The maximum absolute atomic E-state index is 13.2. The van der Waals surface area contributed by atoms with Crippen LogP contribution in [0.15, 0.2) is 48.5 Å². The van der Waals surface area contributed by atoms with Crippen LogP contribution < -0.4 is 10.2 Å². The first kappa shape index (κ1) is 23.3. The van der Waals surface area contributed by atoms with Crippen LogP contribution >= 0.6 is 0 Å². The van der Waals surface area contributed by atoms with E-state index in [4.69, 9.17) is 0 Å². The fourth-order valence-corrected chi connectivity index (χ4v) is 4.35. The van der Waals surface area contributed by atoms with Crippen LogP contribution in [0.2, 0.25) is 0 Å². The lowest BCUT2D eigenvalue weighted by Gasteiger charge is -2.39. The zero-order valence-electron chi connectivity index (χ0n) is 18.4. The van der Waals surface area contributed by atoms with Crippen molar-refractivity contribution >= 4 is 23.2 Å². The first-order valence-electron chi connectivity index (χ1n) is 11.0. The topological polar surface area (TPSA) is 55.9 Å². The summed E-state index contributed by atoms with van der Waals surface area (Å²) in [6.07, 6.45) is -3.56. The van der Waals surface area contributed by atoms with Crippen molar-refractivity contribution in [2.24, 2.45) is 0 Å². The van der Waals surface area contributed by atoms with Gasteiger partial charge in [-0.15, -0.1) is 0 Å². The van der Waals surface area contributed by atoms with Gasteiger partial charge in [-0.25, -0.2) is 0 Å². The third-order valence-corrected chi connectivity index (χ3v) is 6.33. The van der Waals surface area contributed by atoms with Gasteiger partial charge < -0.3 is 10.2 Å². The van der Waals surface area contributed by atoms with Crippen LogP contribution in [0, 0.1) is 0 Å². The van der Waals surface area contributed by atoms with Crippen molar-refractivity contribution in [2.45, 2.75) is 25.6 Å². The molecule has 6 nitrogen and oxygen atoms in total. The van der Waals surface area contributed by atoms with Crippen LogP contribution in [0.3, 0.4) is 0 Å². The van der Waals surface area contributed by atoms with Gasteiger partial charge in [-0.2, -0.15) is 13.2 Å². The van der Waals surface area contributed by atoms with Gasteiger partial charge in [0.05, 0.1) is 23.0 Å². The quantitative estimate of drug-likeness (QED) is 0.745. The Kier molecular flexibility index (Phi) is 6.71. The molecule has 0 radical (unpaired) electrons. The molecule has 4 rings (SSSR count). The van der Waals surface area contributed by atoms with Gasteiger partial charge in [0.25, 0.3) is 0 Å². The fraction of sp³-hybridized carbons (Fsp3) is 0.417. The molecule has 1 N–H and O–H groups in total. The highest BCUT2D eigenvalue weighted by Crippen LogP contribution is 2.37. The highest BCUT2D eigenvalue weighted by Gasteiger charge is 2.36. The molecule has 1 unspecified atom stereocenters. The van der Waals surface area contributed by atoms with Crippen LogP contribution in [-0.2, 0) is 22.2 Å². The molecule has 2 amide bonds. The Labute approximate surface area is 191 Å². The number of halogens is 3. The summed E-state index contributed by atoms with van der Waals surface area (Å²) in [7, 11) is 0. The monoisotopic (exact) mass is 460 g/mol. The number of hydrogen-bond donors (Lipinski definition) is 1. The molecule has 2 aliphatic rings. The number of nitrogens with one attached hydrogen (secondary N) is 1. The Bertz CT molecular complexity index is 1000. The third kappa shape index (κ3) is 5.36. The van der Waals surface area contributed by atoms with Gasteiger partial charge in [0, 0.05) is 32.7 Å². The Morgan fingerprint density at radius 3 is 2.42 bits per heavy atom. The van der Waals surface area contributed by atoms with Gasteiger partial charge in [-0.1, -0.05) is 30.3 Å². The number of benzene rings is 2. The molecule has 176 valence electrons. The minimum Gasteiger partial charge on any atom is -0.323 e. The second kappa shape index (κ2) is 9.52. The predicted molar refractivity (Wildman–Crippen MR) is 120 cm³/mol. The molecule has 0 bridgehead atoms. The molecule has 0 saturated carbocycles. The fourth-order valence-electron chi connectivity index (χ4n) is 4.35. The summed E-state index contributed by atoms with van der Waals surface area (Å²) in [6, 6.07) is 12.9. The Morgan fingerprint density at radius 1 is 1.06 bits per heavy atom. The number of carbonyl (C=O) groups excluding carboxylic acids is 2. The third-order valence-electron chi connectivity index (χ3n) is 6.33. The molecule has 1 saturated heterocycles. The lowest BCUT2D eigenvalue weighted by molar-refractivity contribution is -0.137. The zero-order chi connectivity index (χ0) is 23.6. The zero-order valence-corrected chi connectivity index (χ0v) is 18.4. The first-order valence-corrected chi connectivity index (χ1v) is 11.0. The maximum atomic E-state index is 13.2. The van der Waals surface area contributed by atoms with E-state index in [1.54, 1.807) is 6.92 Å². The van der Waals surface area contributed by atoms with E-state index in [-0.39, 0.29) is 18.1 Å². The van der Waals surface area contributed by atoms with Crippen LogP contribution in [0.1, 0.15) is 18.1 Å². The molecular weight excluding hydrogens is 433 g/mol. The molecule has 2 heterocycles. The van der Waals surface area contributed by atoms with Gasteiger partial charge in [0.2, 0.25) is 11.8 Å². The van der Waals surface area contributed by atoms with E-state index in [1.807, 2.05) is 18.2 Å². The summed E-state index contributed by atoms with van der Waals surface area (Å²) in [4.78, 5) is 31.1. The van der Waals surface area contributed by atoms with Crippen LogP contribution in [0.5, 0.6) is 0 Å². The Morgan fingerprint density at radius 2 is 1.76 bits per heavy atom. The molecule has 2 aliphatic heterocycles. The molecule has 33 heavy (non-hydrogen) atoms. The van der Waals surface area contributed by atoms with E-state index in [1.165, 1.54) is 16.5 Å². The van der Waals surface area contributed by atoms with Crippen molar-refractivity contribution in [2.75, 3.05) is 49.5 Å². The predicted octanol–water partition coefficient (Wildman–Crippen LogP) is 3.24. The van der Waals surface area contributed by atoms with E-state index in [0.717, 1.165) is 38.2 Å². The molecular formula is C24H27F3N4O2. The standard InChI is InChI=1S/C24H27F3N4O2/c1-17(30-13-11-29(12-14-30)10-9-18-5-3-2-4-6-18)23(33)31-16-22(32)28-20-15-19(24(25,26)27)7-8-21(20)31/h2-8,15,17H,9-14,16H2,1H3,(H,28,32). The van der Waals surface area contributed by atoms with Gasteiger partial charge in [0.15, 0.2) is 0 Å². The van der Waals surface area contributed by atoms with Gasteiger partial charge in [0.1, 0.15) is 6.54 Å². The number of fused-ring (bicyclic) bond motifs is 1. The normalized spacial score (nSPS) is 18.5. The summed E-state index contributed by atoms with van der Waals surface area (Å²) in [6.45, 7) is 5.61. The number of alkyl halides is 3. The van der Waals surface area contributed by atoms with Crippen molar-refractivity contribution in [3.63, 3.8) is 0 Å². The molecule has 9 heteroatoms. The lowest BCUT2D eigenvalue weighted by atomic mass is 10.1. The average Bonchev–Trinajstić information content (AvgIpc) is 2.81. The van der Waals surface area contributed by atoms with Gasteiger partial charge in [-0.05, 0) is 37.1 Å². The highest BCUT2D eigenvalue weighted by molar-refractivity contribution is 6.11. The molecule has 1 atom stereocenters.